The Morgan fingerprint density at radius 3 is 2.00 bits per heavy atom. The Kier molecular flexibility index (Phi) is 7.88. The number of nitrogens with zero attached hydrogens (tertiary/aromatic N) is 1. The molecule has 4 nitrogen and oxygen atoms in total. The molecule has 2 aromatic carbocycles. The highest BCUT2D eigenvalue weighted by Crippen LogP contribution is 2.37. The molecule has 0 spiro atoms. The second kappa shape index (κ2) is 10.4. The molecule has 0 aliphatic carbocycles. The third-order valence-electron chi connectivity index (χ3n) is 5.70. The average Bonchev–Trinajstić information content (AvgIpc) is 2.80. The molecule has 3 aromatic rings. The van der Waals surface area contributed by atoms with E-state index < -0.39 is 8.32 Å². The minimum Gasteiger partial charge on any atom is -0.403 e. The highest BCUT2D eigenvalue weighted by molar-refractivity contribution is 6.99. The lowest BCUT2D eigenvalue weighted by Crippen LogP contribution is -2.68. The van der Waals surface area contributed by atoms with Crippen molar-refractivity contribution in [1.29, 1.82) is 0 Å². The number of hydrogen-bond acceptors (Lipinski definition) is 3. The van der Waals surface area contributed by atoms with Gasteiger partial charge in [-0.15, -0.1) is 0 Å². The van der Waals surface area contributed by atoms with Crippen LogP contribution in [0.2, 0.25) is 10.2 Å². The first kappa shape index (κ1) is 24.2. The zero-order valence-corrected chi connectivity index (χ0v) is 20.9. The minimum absolute atomic E-state index is 0.118. The monoisotopic (exact) mass is 466 g/mol. The van der Waals surface area contributed by atoms with Gasteiger partial charge in [0.2, 0.25) is 0 Å². The average molecular weight is 467 g/mol. The third kappa shape index (κ3) is 5.29. The molecular weight excluding hydrogens is 436 g/mol. The van der Waals surface area contributed by atoms with Gasteiger partial charge in [0.15, 0.2) is 0 Å². The molecule has 1 unspecified atom stereocenters. The number of hydrogen-bond donors (Lipinski definition) is 1. The Bertz CT molecular complexity index is 966. The highest BCUT2D eigenvalue weighted by atomic mass is 35.5. The quantitative estimate of drug-likeness (QED) is 0.382. The van der Waals surface area contributed by atoms with Crippen LogP contribution in [-0.2, 0) is 4.43 Å². The van der Waals surface area contributed by atoms with Crippen molar-refractivity contribution < 1.29 is 9.22 Å². The van der Waals surface area contributed by atoms with Crippen LogP contribution >= 0.6 is 11.6 Å². The maximum atomic E-state index is 12.6. The summed E-state index contributed by atoms with van der Waals surface area (Å²) in [5, 5.41) is 5.72. The molecule has 1 aromatic heterocycles. The fourth-order valence-corrected chi connectivity index (χ4v) is 8.91. The molecule has 1 N–H and O–H groups in total. The third-order valence-corrected chi connectivity index (χ3v) is 11.0. The second-order valence-corrected chi connectivity index (χ2v) is 13.5. The Labute approximate surface area is 197 Å². The van der Waals surface area contributed by atoms with Crippen molar-refractivity contribution in [2.24, 2.45) is 0 Å². The second-order valence-electron chi connectivity index (χ2n) is 8.89. The summed E-state index contributed by atoms with van der Waals surface area (Å²) in [4.78, 5) is 16.6. The number of pyridine rings is 1. The summed E-state index contributed by atoms with van der Waals surface area (Å²) >= 11 is 5.84. The smallest absolute Gasteiger partial charge is 0.261 e. The van der Waals surface area contributed by atoms with E-state index in [9.17, 15) is 4.79 Å². The van der Waals surface area contributed by atoms with Crippen LogP contribution in [0.3, 0.4) is 0 Å². The summed E-state index contributed by atoms with van der Waals surface area (Å²) < 4.78 is 7.12. The standard InChI is InChI=1S/C26H31ClN2O2Si/c1-5-21(19-29-25(30)20-16-17-24(27)28-18-20)31-32(26(2,3)4,22-12-8-6-9-13-22)23-14-10-7-11-15-23/h6-18,21H,5,19H2,1-4H3,(H,29,30). The summed E-state index contributed by atoms with van der Waals surface area (Å²) in [6.45, 7) is 9.28. The topological polar surface area (TPSA) is 51.2 Å². The summed E-state index contributed by atoms with van der Waals surface area (Å²) in [7, 11) is -2.67. The summed E-state index contributed by atoms with van der Waals surface area (Å²) in [5.41, 5.74) is 0.481. The summed E-state index contributed by atoms with van der Waals surface area (Å²) in [5.74, 6) is -0.182. The predicted molar refractivity (Wildman–Crippen MR) is 134 cm³/mol. The van der Waals surface area contributed by atoms with Crippen molar-refractivity contribution in [2.75, 3.05) is 6.54 Å². The number of carbonyl (C=O) groups is 1. The fourth-order valence-electron chi connectivity index (χ4n) is 4.03. The van der Waals surface area contributed by atoms with E-state index in [1.54, 1.807) is 12.1 Å². The molecule has 0 aliphatic rings. The molecule has 168 valence electrons. The lowest BCUT2D eigenvalue weighted by Gasteiger charge is -2.45. The predicted octanol–water partition coefficient (Wildman–Crippen LogP) is 4.82. The Hall–Kier alpha value is -2.47. The van der Waals surface area contributed by atoms with E-state index in [1.807, 2.05) is 12.1 Å². The number of rotatable bonds is 8. The first-order chi connectivity index (χ1) is 15.3. The molecule has 0 saturated carbocycles. The maximum Gasteiger partial charge on any atom is 0.261 e. The molecule has 1 amide bonds. The maximum absolute atomic E-state index is 12.6. The zero-order chi connectivity index (χ0) is 23.2. The molecule has 32 heavy (non-hydrogen) atoms. The van der Waals surface area contributed by atoms with Crippen LogP contribution in [0.4, 0.5) is 0 Å². The van der Waals surface area contributed by atoms with Crippen molar-refractivity contribution in [3.8, 4) is 0 Å². The fraction of sp³-hybridized carbons (Fsp3) is 0.308. The zero-order valence-electron chi connectivity index (χ0n) is 19.1. The minimum atomic E-state index is -2.67. The highest BCUT2D eigenvalue weighted by Gasteiger charge is 2.51. The number of aromatic nitrogens is 1. The van der Waals surface area contributed by atoms with Crippen LogP contribution in [0, 0.1) is 0 Å². The molecule has 1 atom stereocenters. The van der Waals surface area contributed by atoms with E-state index in [0.29, 0.717) is 17.3 Å². The number of nitrogens with one attached hydrogen (secondary N) is 1. The van der Waals surface area contributed by atoms with Gasteiger partial charge < -0.3 is 9.74 Å². The van der Waals surface area contributed by atoms with Gasteiger partial charge in [0.1, 0.15) is 5.15 Å². The van der Waals surface area contributed by atoms with Crippen LogP contribution in [0.15, 0.2) is 79.0 Å². The molecule has 3 rings (SSSR count). The lowest BCUT2D eigenvalue weighted by atomic mass is 10.2. The lowest BCUT2D eigenvalue weighted by molar-refractivity contribution is 0.0921. The number of amides is 1. The first-order valence-electron chi connectivity index (χ1n) is 11.0. The van der Waals surface area contributed by atoms with Crippen LogP contribution < -0.4 is 15.7 Å². The van der Waals surface area contributed by atoms with Crippen LogP contribution in [-0.4, -0.2) is 31.9 Å². The van der Waals surface area contributed by atoms with Gasteiger partial charge in [-0.2, -0.15) is 0 Å². The Morgan fingerprint density at radius 2 is 1.56 bits per heavy atom. The SMILES string of the molecule is CCC(CNC(=O)c1ccc(Cl)nc1)O[Si](c1ccccc1)(c1ccccc1)C(C)(C)C. The van der Waals surface area contributed by atoms with Crippen LogP contribution in [0.25, 0.3) is 0 Å². The van der Waals surface area contributed by atoms with E-state index >= 15 is 0 Å². The van der Waals surface area contributed by atoms with E-state index in [0.717, 1.165) is 6.42 Å². The molecule has 0 bridgehead atoms. The summed E-state index contributed by atoms with van der Waals surface area (Å²) in [6.07, 6.45) is 2.14. The van der Waals surface area contributed by atoms with Crippen molar-refractivity contribution in [1.82, 2.24) is 10.3 Å². The molecule has 0 aliphatic heterocycles. The first-order valence-corrected chi connectivity index (χ1v) is 13.2. The number of carbonyl (C=O) groups excluding carboxylic acids is 1. The van der Waals surface area contributed by atoms with Gasteiger partial charge >= 0.3 is 0 Å². The molecule has 0 fully saturated rings. The van der Waals surface area contributed by atoms with Crippen LogP contribution in [0.1, 0.15) is 44.5 Å². The molecular formula is C26H31ClN2O2Si. The van der Waals surface area contributed by atoms with Crippen molar-refractivity contribution in [3.63, 3.8) is 0 Å². The van der Waals surface area contributed by atoms with Gasteiger partial charge in [0.25, 0.3) is 14.2 Å². The normalized spacial score (nSPS) is 12.9. The molecule has 0 radical (unpaired) electrons. The van der Waals surface area contributed by atoms with Gasteiger partial charge in [-0.05, 0) is 34.0 Å². The Balaban J connectivity index is 1.92. The van der Waals surface area contributed by atoms with Crippen molar-refractivity contribution in [2.45, 2.75) is 45.3 Å². The van der Waals surface area contributed by atoms with E-state index in [4.69, 9.17) is 16.0 Å². The van der Waals surface area contributed by atoms with Gasteiger partial charge in [-0.3, -0.25) is 4.79 Å². The van der Waals surface area contributed by atoms with Gasteiger partial charge in [-0.25, -0.2) is 4.98 Å². The van der Waals surface area contributed by atoms with Crippen molar-refractivity contribution >= 4 is 36.2 Å². The van der Waals surface area contributed by atoms with E-state index in [-0.39, 0.29) is 17.0 Å². The molecule has 1 heterocycles. The van der Waals surface area contributed by atoms with Crippen LogP contribution in [0.5, 0.6) is 0 Å². The van der Waals surface area contributed by atoms with E-state index in [1.165, 1.54) is 16.6 Å². The van der Waals surface area contributed by atoms with Gasteiger partial charge in [-0.1, -0.05) is 100.0 Å². The van der Waals surface area contributed by atoms with E-state index in [2.05, 4.69) is 86.5 Å². The largest absolute Gasteiger partial charge is 0.403 e. The molecule has 6 heteroatoms. The van der Waals surface area contributed by atoms with Gasteiger partial charge in [0, 0.05) is 12.7 Å². The molecule has 0 saturated heterocycles. The van der Waals surface area contributed by atoms with Gasteiger partial charge in [0.05, 0.1) is 11.7 Å². The Morgan fingerprint density at radius 1 is 1.00 bits per heavy atom. The number of benzene rings is 2. The van der Waals surface area contributed by atoms with Crippen molar-refractivity contribution in [3.05, 3.63) is 89.7 Å². The summed E-state index contributed by atoms with van der Waals surface area (Å²) in [6, 6.07) is 24.4. The number of halogens is 1.